The number of nitrogens with zero attached hydrogens (tertiary/aromatic N) is 2. The van der Waals surface area contributed by atoms with Crippen molar-refractivity contribution in [2.75, 3.05) is 10.6 Å². The highest BCUT2D eigenvalue weighted by molar-refractivity contribution is 5.93. The van der Waals surface area contributed by atoms with Gasteiger partial charge >= 0.3 is 0 Å². The molecule has 0 aliphatic heterocycles. The van der Waals surface area contributed by atoms with Crippen molar-refractivity contribution in [3.05, 3.63) is 42.0 Å². The number of anilines is 3. The van der Waals surface area contributed by atoms with Crippen molar-refractivity contribution in [2.24, 2.45) is 5.41 Å². The van der Waals surface area contributed by atoms with Crippen molar-refractivity contribution in [1.82, 2.24) is 10.2 Å². The number of carbonyl (C=O) groups is 1. The molecule has 23 heavy (non-hydrogen) atoms. The van der Waals surface area contributed by atoms with Gasteiger partial charge in [0.25, 0.3) is 0 Å². The quantitative estimate of drug-likeness (QED) is 0.882. The summed E-state index contributed by atoms with van der Waals surface area (Å²) in [6.07, 6.45) is 0. The molecule has 1 aromatic carbocycles. The average molecular weight is 312 g/mol. The highest BCUT2D eigenvalue weighted by Gasteiger charge is 2.21. The lowest BCUT2D eigenvalue weighted by Gasteiger charge is -2.17. The third-order valence-corrected chi connectivity index (χ3v) is 3.43. The van der Waals surface area contributed by atoms with E-state index >= 15 is 0 Å². The fraction of sp³-hybridized carbons (Fsp3) is 0.389. The van der Waals surface area contributed by atoms with Crippen LogP contribution in [0.1, 0.15) is 46.1 Å². The van der Waals surface area contributed by atoms with Crippen molar-refractivity contribution in [1.29, 1.82) is 0 Å². The summed E-state index contributed by atoms with van der Waals surface area (Å²) in [7, 11) is 0. The van der Waals surface area contributed by atoms with Crippen LogP contribution in [0.5, 0.6) is 0 Å². The van der Waals surface area contributed by atoms with Gasteiger partial charge < -0.3 is 10.6 Å². The summed E-state index contributed by atoms with van der Waals surface area (Å²) in [5.74, 6) is 1.43. The minimum atomic E-state index is -0.463. The predicted octanol–water partition coefficient (Wildman–Crippen LogP) is 4.33. The minimum Gasteiger partial charge on any atom is -0.338 e. The average Bonchev–Trinajstić information content (AvgIpc) is 2.48. The van der Waals surface area contributed by atoms with E-state index in [9.17, 15) is 4.79 Å². The number of hydrogen-bond donors (Lipinski definition) is 2. The lowest BCUT2D eigenvalue weighted by atomic mass is 9.96. The molecule has 0 fully saturated rings. The SMILES string of the molecule is CC(C)c1ccccc1Nc1ccc(NC(=O)C(C)(C)C)nn1. The molecule has 0 saturated heterocycles. The highest BCUT2D eigenvalue weighted by atomic mass is 16.2. The van der Waals surface area contributed by atoms with Gasteiger partial charge in [0.15, 0.2) is 11.6 Å². The van der Waals surface area contributed by atoms with Crippen LogP contribution in [0.15, 0.2) is 36.4 Å². The van der Waals surface area contributed by atoms with E-state index in [-0.39, 0.29) is 5.91 Å². The summed E-state index contributed by atoms with van der Waals surface area (Å²) in [6, 6.07) is 11.7. The Bertz CT molecular complexity index is 672. The van der Waals surface area contributed by atoms with Crippen LogP contribution in [0, 0.1) is 5.41 Å². The normalized spacial score (nSPS) is 11.4. The van der Waals surface area contributed by atoms with Crippen LogP contribution >= 0.6 is 0 Å². The van der Waals surface area contributed by atoms with Gasteiger partial charge in [0.05, 0.1) is 0 Å². The zero-order valence-electron chi connectivity index (χ0n) is 14.3. The summed E-state index contributed by atoms with van der Waals surface area (Å²) in [6.45, 7) is 9.87. The van der Waals surface area contributed by atoms with Crippen LogP contribution in [0.3, 0.4) is 0 Å². The summed E-state index contributed by atoms with van der Waals surface area (Å²) in [5, 5.41) is 14.2. The number of para-hydroxylation sites is 1. The van der Waals surface area contributed by atoms with Crippen LogP contribution in [0.2, 0.25) is 0 Å². The third-order valence-electron chi connectivity index (χ3n) is 3.43. The van der Waals surface area contributed by atoms with Gasteiger partial charge in [-0.2, -0.15) is 0 Å². The second-order valence-corrected chi connectivity index (χ2v) is 6.87. The van der Waals surface area contributed by atoms with Gasteiger partial charge in [-0.3, -0.25) is 4.79 Å². The zero-order chi connectivity index (χ0) is 17.0. The molecule has 0 spiro atoms. The number of benzene rings is 1. The van der Waals surface area contributed by atoms with Crippen molar-refractivity contribution in [3.8, 4) is 0 Å². The lowest BCUT2D eigenvalue weighted by Crippen LogP contribution is -2.28. The Balaban J connectivity index is 2.11. The fourth-order valence-corrected chi connectivity index (χ4v) is 2.02. The zero-order valence-corrected chi connectivity index (χ0v) is 14.3. The summed E-state index contributed by atoms with van der Waals surface area (Å²) >= 11 is 0. The molecular formula is C18H24N4O. The number of nitrogens with one attached hydrogen (secondary N) is 2. The maximum Gasteiger partial charge on any atom is 0.230 e. The number of aromatic nitrogens is 2. The van der Waals surface area contributed by atoms with E-state index in [1.54, 1.807) is 6.07 Å². The van der Waals surface area contributed by atoms with E-state index in [1.165, 1.54) is 5.56 Å². The van der Waals surface area contributed by atoms with E-state index in [0.29, 0.717) is 17.6 Å². The van der Waals surface area contributed by atoms with Gasteiger partial charge in [-0.05, 0) is 29.7 Å². The molecule has 0 bridgehead atoms. The number of rotatable bonds is 4. The minimum absolute atomic E-state index is 0.0855. The first-order chi connectivity index (χ1) is 10.8. The van der Waals surface area contributed by atoms with Crippen LogP contribution in [0.25, 0.3) is 0 Å². The van der Waals surface area contributed by atoms with Crippen LogP contribution in [0.4, 0.5) is 17.3 Å². The van der Waals surface area contributed by atoms with E-state index < -0.39 is 5.41 Å². The molecular weight excluding hydrogens is 288 g/mol. The van der Waals surface area contributed by atoms with Crippen LogP contribution in [-0.2, 0) is 4.79 Å². The molecule has 0 radical (unpaired) electrons. The Labute approximate surface area is 137 Å². The first kappa shape index (κ1) is 16.9. The van der Waals surface area contributed by atoms with E-state index in [1.807, 2.05) is 45.0 Å². The van der Waals surface area contributed by atoms with Gasteiger partial charge in [0.1, 0.15) is 0 Å². The molecule has 5 nitrogen and oxygen atoms in total. The molecule has 0 saturated carbocycles. The number of carbonyl (C=O) groups excluding carboxylic acids is 1. The Morgan fingerprint density at radius 3 is 2.17 bits per heavy atom. The van der Waals surface area contributed by atoms with Crippen molar-refractivity contribution in [2.45, 2.75) is 40.5 Å². The maximum atomic E-state index is 11.9. The molecule has 122 valence electrons. The van der Waals surface area contributed by atoms with E-state index in [2.05, 4.69) is 40.7 Å². The Morgan fingerprint density at radius 1 is 1.00 bits per heavy atom. The topological polar surface area (TPSA) is 66.9 Å². The standard InChI is InChI=1S/C18H24N4O/c1-12(2)13-8-6-7-9-14(13)19-15-10-11-16(22-21-15)20-17(23)18(3,4)5/h6-12H,1-5H3,(H,19,21)(H,20,22,23). The Morgan fingerprint density at radius 2 is 1.61 bits per heavy atom. The lowest BCUT2D eigenvalue weighted by molar-refractivity contribution is -0.123. The van der Waals surface area contributed by atoms with E-state index in [4.69, 9.17) is 0 Å². The number of hydrogen-bond acceptors (Lipinski definition) is 4. The fourth-order valence-electron chi connectivity index (χ4n) is 2.02. The van der Waals surface area contributed by atoms with Crippen molar-refractivity contribution < 1.29 is 4.79 Å². The maximum absolute atomic E-state index is 11.9. The first-order valence-electron chi connectivity index (χ1n) is 7.78. The van der Waals surface area contributed by atoms with Gasteiger partial charge in [0, 0.05) is 11.1 Å². The van der Waals surface area contributed by atoms with Crippen molar-refractivity contribution >= 4 is 23.2 Å². The highest BCUT2D eigenvalue weighted by Crippen LogP contribution is 2.26. The summed E-state index contributed by atoms with van der Waals surface area (Å²) in [5.41, 5.74) is 1.78. The molecule has 0 aliphatic rings. The molecule has 1 heterocycles. The number of amides is 1. The third kappa shape index (κ3) is 4.52. The van der Waals surface area contributed by atoms with Crippen LogP contribution < -0.4 is 10.6 Å². The molecule has 5 heteroatoms. The van der Waals surface area contributed by atoms with Gasteiger partial charge in [-0.25, -0.2) is 0 Å². The first-order valence-corrected chi connectivity index (χ1v) is 7.78. The smallest absolute Gasteiger partial charge is 0.230 e. The molecule has 2 aromatic rings. The summed E-state index contributed by atoms with van der Waals surface area (Å²) < 4.78 is 0. The molecule has 2 rings (SSSR count). The molecule has 0 atom stereocenters. The van der Waals surface area contributed by atoms with Gasteiger partial charge in [0.2, 0.25) is 5.91 Å². The molecule has 0 unspecified atom stereocenters. The van der Waals surface area contributed by atoms with Gasteiger partial charge in [-0.1, -0.05) is 52.8 Å². The van der Waals surface area contributed by atoms with Crippen LogP contribution in [-0.4, -0.2) is 16.1 Å². The molecule has 0 aliphatic carbocycles. The second-order valence-electron chi connectivity index (χ2n) is 6.87. The largest absolute Gasteiger partial charge is 0.338 e. The monoisotopic (exact) mass is 312 g/mol. The Hall–Kier alpha value is -2.43. The summed E-state index contributed by atoms with van der Waals surface area (Å²) in [4.78, 5) is 11.9. The molecule has 2 N–H and O–H groups in total. The predicted molar refractivity (Wildman–Crippen MR) is 93.9 cm³/mol. The molecule has 1 aromatic heterocycles. The Kier molecular flexibility index (Phi) is 4.98. The second kappa shape index (κ2) is 6.77. The van der Waals surface area contributed by atoms with Gasteiger partial charge in [-0.15, -0.1) is 10.2 Å². The van der Waals surface area contributed by atoms with Crippen molar-refractivity contribution in [3.63, 3.8) is 0 Å². The molecule has 1 amide bonds. The van der Waals surface area contributed by atoms with E-state index in [0.717, 1.165) is 5.69 Å².